The normalized spacial score (nSPS) is 12.3. The molecule has 0 aliphatic carbocycles. The van der Waals surface area contributed by atoms with E-state index in [-0.39, 0.29) is 0 Å². The van der Waals surface area contributed by atoms with Crippen LogP contribution in [0.4, 0.5) is 5.69 Å². The second kappa shape index (κ2) is 6.19. The zero-order valence-corrected chi connectivity index (χ0v) is 11.0. The fourth-order valence-electron chi connectivity index (χ4n) is 1.93. The van der Waals surface area contributed by atoms with Gasteiger partial charge in [0, 0.05) is 24.6 Å². The summed E-state index contributed by atoms with van der Waals surface area (Å²) in [5, 5.41) is 7.74. The van der Waals surface area contributed by atoms with Gasteiger partial charge in [-0.1, -0.05) is 19.8 Å². The second-order valence-electron chi connectivity index (χ2n) is 4.51. The molecule has 0 fully saturated rings. The smallest absolute Gasteiger partial charge is 0.176 e. The number of aromatic nitrogens is 3. The molecule has 0 bridgehead atoms. The van der Waals surface area contributed by atoms with Gasteiger partial charge in [0.15, 0.2) is 5.82 Å². The van der Waals surface area contributed by atoms with Gasteiger partial charge < -0.3 is 5.32 Å². The topological polar surface area (TPSA) is 42.7 Å². The van der Waals surface area contributed by atoms with Crippen LogP contribution < -0.4 is 5.32 Å². The fraction of sp³-hybridized carbons (Fsp3) is 0.429. The van der Waals surface area contributed by atoms with E-state index < -0.39 is 0 Å². The van der Waals surface area contributed by atoms with Gasteiger partial charge >= 0.3 is 0 Å². The summed E-state index contributed by atoms with van der Waals surface area (Å²) in [6.45, 7) is 4.42. The van der Waals surface area contributed by atoms with Crippen LogP contribution in [0.3, 0.4) is 0 Å². The van der Waals surface area contributed by atoms with Crippen molar-refractivity contribution >= 4 is 5.69 Å². The van der Waals surface area contributed by atoms with Crippen molar-refractivity contribution in [3.63, 3.8) is 0 Å². The van der Waals surface area contributed by atoms with Gasteiger partial charge in [0.25, 0.3) is 0 Å². The molecule has 0 aliphatic heterocycles. The van der Waals surface area contributed by atoms with E-state index in [0.29, 0.717) is 6.04 Å². The van der Waals surface area contributed by atoms with Crippen LogP contribution in [0.2, 0.25) is 0 Å². The molecule has 0 amide bonds. The maximum Gasteiger partial charge on any atom is 0.176 e. The summed E-state index contributed by atoms with van der Waals surface area (Å²) >= 11 is 0. The highest BCUT2D eigenvalue weighted by Crippen LogP contribution is 2.18. The van der Waals surface area contributed by atoms with E-state index in [9.17, 15) is 0 Å². The monoisotopic (exact) mass is 244 g/mol. The predicted octanol–water partition coefficient (Wildman–Crippen LogP) is 3.26. The largest absolute Gasteiger partial charge is 0.380 e. The van der Waals surface area contributed by atoms with E-state index >= 15 is 0 Å². The van der Waals surface area contributed by atoms with Crippen LogP contribution in [0.15, 0.2) is 36.8 Å². The van der Waals surface area contributed by atoms with Gasteiger partial charge in [-0.15, -0.1) is 0 Å². The molecule has 18 heavy (non-hydrogen) atoms. The Morgan fingerprint density at radius 2 is 2.22 bits per heavy atom. The van der Waals surface area contributed by atoms with Crippen molar-refractivity contribution in [3.05, 3.63) is 36.8 Å². The number of rotatable bonds is 6. The summed E-state index contributed by atoms with van der Waals surface area (Å²) in [6.07, 6.45) is 9.10. The van der Waals surface area contributed by atoms with Crippen molar-refractivity contribution in [1.82, 2.24) is 14.8 Å². The first-order valence-corrected chi connectivity index (χ1v) is 6.53. The van der Waals surface area contributed by atoms with Crippen molar-refractivity contribution in [3.8, 4) is 5.82 Å². The zero-order valence-electron chi connectivity index (χ0n) is 11.0. The number of anilines is 1. The fourth-order valence-corrected chi connectivity index (χ4v) is 1.93. The maximum absolute atomic E-state index is 4.39. The molecule has 1 unspecified atom stereocenters. The van der Waals surface area contributed by atoms with Crippen molar-refractivity contribution in [2.45, 2.75) is 39.2 Å². The highest BCUT2D eigenvalue weighted by molar-refractivity contribution is 5.56. The van der Waals surface area contributed by atoms with Crippen LogP contribution in [-0.4, -0.2) is 20.8 Å². The van der Waals surface area contributed by atoms with E-state index in [4.69, 9.17) is 0 Å². The van der Waals surface area contributed by atoms with Crippen molar-refractivity contribution < 1.29 is 0 Å². The number of hydrogen-bond donors (Lipinski definition) is 1. The first-order valence-electron chi connectivity index (χ1n) is 6.53. The average Bonchev–Trinajstić information content (AvgIpc) is 2.91. The number of nitrogens with zero attached hydrogens (tertiary/aromatic N) is 3. The third-order valence-electron chi connectivity index (χ3n) is 2.90. The lowest BCUT2D eigenvalue weighted by molar-refractivity contribution is 0.644. The molecule has 4 heteroatoms. The Hall–Kier alpha value is -1.84. The van der Waals surface area contributed by atoms with Crippen LogP contribution in [-0.2, 0) is 0 Å². The Labute approximate surface area is 108 Å². The van der Waals surface area contributed by atoms with Crippen LogP contribution in [0.1, 0.15) is 33.1 Å². The standard InChI is InChI=1S/C14H20N4/c1-3-4-7-12(2)17-13-8-5-9-15-14(13)18-11-6-10-16-18/h5-6,8-12,17H,3-4,7H2,1-2H3. The summed E-state index contributed by atoms with van der Waals surface area (Å²) in [7, 11) is 0. The molecule has 0 aromatic carbocycles. The lowest BCUT2D eigenvalue weighted by Gasteiger charge is -2.17. The van der Waals surface area contributed by atoms with Crippen LogP contribution in [0, 0.1) is 0 Å². The van der Waals surface area contributed by atoms with Crippen molar-refractivity contribution in [2.75, 3.05) is 5.32 Å². The summed E-state index contributed by atoms with van der Waals surface area (Å²) in [5.41, 5.74) is 1.03. The third kappa shape index (κ3) is 3.09. The molecule has 2 rings (SSSR count). The molecular weight excluding hydrogens is 224 g/mol. The van der Waals surface area contributed by atoms with Gasteiger partial charge in [0.1, 0.15) is 0 Å². The van der Waals surface area contributed by atoms with Crippen molar-refractivity contribution in [2.24, 2.45) is 0 Å². The minimum atomic E-state index is 0.448. The molecule has 96 valence electrons. The number of nitrogens with one attached hydrogen (secondary N) is 1. The molecule has 0 aliphatic rings. The molecule has 0 radical (unpaired) electrons. The molecule has 4 nitrogen and oxygen atoms in total. The molecule has 0 saturated heterocycles. The number of pyridine rings is 1. The Kier molecular flexibility index (Phi) is 4.34. The summed E-state index contributed by atoms with van der Waals surface area (Å²) in [4.78, 5) is 4.39. The molecule has 0 saturated carbocycles. The minimum absolute atomic E-state index is 0.448. The lowest BCUT2D eigenvalue weighted by Crippen LogP contribution is -2.17. The Balaban J connectivity index is 2.13. The van der Waals surface area contributed by atoms with Gasteiger partial charge in [-0.2, -0.15) is 5.10 Å². The SMILES string of the molecule is CCCCC(C)Nc1cccnc1-n1cccn1. The predicted molar refractivity (Wildman–Crippen MR) is 74.0 cm³/mol. The van der Waals surface area contributed by atoms with Crippen LogP contribution >= 0.6 is 0 Å². The van der Waals surface area contributed by atoms with Crippen molar-refractivity contribution in [1.29, 1.82) is 0 Å². The van der Waals surface area contributed by atoms with Crippen LogP contribution in [0.5, 0.6) is 0 Å². The van der Waals surface area contributed by atoms with E-state index in [1.54, 1.807) is 17.1 Å². The summed E-state index contributed by atoms with van der Waals surface area (Å²) in [6, 6.07) is 6.34. The first-order chi connectivity index (χ1) is 8.81. The van der Waals surface area contributed by atoms with Gasteiger partial charge in [0.05, 0.1) is 5.69 Å². The average molecular weight is 244 g/mol. The number of hydrogen-bond acceptors (Lipinski definition) is 3. The highest BCUT2D eigenvalue weighted by Gasteiger charge is 2.08. The molecule has 0 spiro atoms. The van der Waals surface area contributed by atoms with E-state index in [1.165, 1.54) is 19.3 Å². The summed E-state index contributed by atoms with van der Waals surface area (Å²) < 4.78 is 1.79. The molecule has 2 heterocycles. The first kappa shape index (κ1) is 12.6. The minimum Gasteiger partial charge on any atom is -0.380 e. The zero-order chi connectivity index (χ0) is 12.8. The molecule has 2 aromatic heterocycles. The molecule has 1 N–H and O–H groups in total. The van der Waals surface area contributed by atoms with Gasteiger partial charge in [-0.05, 0) is 31.5 Å². The van der Waals surface area contributed by atoms with E-state index in [0.717, 1.165) is 11.5 Å². The molecule has 2 aromatic rings. The van der Waals surface area contributed by atoms with E-state index in [1.807, 2.05) is 24.4 Å². The molecular formula is C14H20N4. The highest BCUT2D eigenvalue weighted by atomic mass is 15.3. The number of unbranched alkanes of at least 4 members (excludes halogenated alkanes) is 1. The third-order valence-corrected chi connectivity index (χ3v) is 2.90. The maximum atomic E-state index is 4.39. The molecule has 1 atom stereocenters. The summed E-state index contributed by atoms with van der Waals surface area (Å²) in [5.74, 6) is 0.853. The second-order valence-corrected chi connectivity index (χ2v) is 4.51. The quantitative estimate of drug-likeness (QED) is 0.848. The lowest BCUT2D eigenvalue weighted by atomic mass is 10.1. The van der Waals surface area contributed by atoms with Gasteiger partial charge in [-0.25, -0.2) is 9.67 Å². The van der Waals surface area contributed by atoms with E-state index in [2.05, 4.69) is 29.2 Å². The Morgan fingerprint density at radius 1 is 1.33 bits per heavy atom. The Bertz CT molecular complexity index is 464. The Morgan fingerprint density at radius 3 is 2.94 bits per heavy atom. The van der Waals surface area contributed by atoms with Gasteiger partial charge in [-0.3, -0.25) is 0 Å². The van der Waals surface area contributed by atoms with Crippen LogP contribution in [0.25, 0.3) is 5.82 Å². The van der Waals surface area contributed by atoms with Gasteiger partial charge in [0.2, 0.25) is 0 Å².